The number of urea groups is 1. The van der Waals surface area contributed by atoms with E-state index < -0.39 is 18.8 Å². The molecule has 8 heteroatoms. The number of alkyl halides is 3. The van der Waals surface area contributed by atoms with E-state index in [9.17, 15) is 18.0 Å². The Morgan fingerprint density at radius 3 is 2.38 bits per heavy atom. The molecule has 1 saturated carbocycles. The molecule has 1 fully saturated rings. The van der Waals surface area contributed by atoms with E-state index in [1.54, 1.807) is 25.7 Å². The van der Waals surface area contributed by atoms with Crippen molar-refractivity contribution in [3.8, 4) is 0 Å². The Bertz CT molecular complexity index is 603. The van der Waals surface area contributed by atoms with Crippen LogP contribution in [0.3, 0.4) is 0 Å². The Hall–Kier alpha value is -1.73. The number of hydrogen-bond donors (Lipinski definition) is 1. The topological polar surface area (TPSA) is 50.2 Å². The molecule has 0 aliphatic heterocycles. The molecule has 0 spiro atoms. The summed E-state index contributed by atoms with van der Waals surface area (Å²) in [6.45, 7) is 7.84. The number of hydrogen-bond acceptors (Lipinski definition) is 2. The number of nitrogens with one attached hydrogen (secondary N) is 1. The first-order valence-corrected chi connectivity index (χ1v) is 8.20. The average Bonchev–Trinajstić information content (AvgIpc) is 3.15. The van der Waals surface area contributed by atoms with Crippen LogP contribution >= 0.6 is 0 Å². The fourth-order valence-electron chi connectivity index (χ4n) is 3.17. The highest BCUT2D eigenvalue weighted by molar-refractivity contribution is 5.75. The molecule has 2 rings (SSSR count). The van der Waals surface area contributed by atoms with Crippen LogP contribution in [0.5, 0.6) is 0 Å². The van der Waals surface area contributed by atoms with Gasteiger partial charge in [-0.05, 0) is 47.5 Å². The molecule has 24 heavy (non-hydrogen) atoms. The van der Waals surface area contributed by atoms with Crippen molar-refractivity contribution in [1.29, 1.82) is 0 Å². The van der Waals surface area contributed by atoms with Crippen LogP contribution in [0.15, 0.2) is 0 Å². The van der Waals surface area contributed by atoms with Gasteiger partial charge in [-0.2, -0.15) is 18.3 Å². The van der Waals surface area contributed by atoms with Gasteiger partial charge < -0.3 is 10.2 Å². The van der Waals surface area contributed by atoms with E-state index in [1.807, 2.05) is 13.8 Å². The van der Waals surface area contributed by atoms with Crippen molar-refractivity contribution in [3.05, 3.63) is 17.0 Å². The molecule has 1 aliphatic carbocycles. The maximum Gasteiger partial charge on any atom is 0.408 e. The Morgan fingerprint density at radius 2 is 1.92 bits per heavy atom. The maximum atomic E-state index is 12.6. The molecule has 1 atom stereocenters. The van der Waals surface area contributed by atoms with Gasteiger partial charge in [0.15, 0.2) is 0 Å². The highest BCUT2D eigenvalue weighted by atomic mass is 19.4. The lowest BCUT2D eigenvalue weighted by Gasteiger charge is -2.28. The molecule has 0 unspecified atom stereocenters. The molecule has 0 aromatic carbocycles. The van der Waals surface area contributed by atoms with Crippen LogP contribution in [0.4, 0.5) is 18.0 Å². The van der Waals surface area contributed by atoms with Crippen molar-refractivity contribution in [2.45, 2.75) is 78.3 Å². The molecule has 1 aromatic rings. The van der Waals surface area contributed by atoms with Crippen molar-refractivity contribution < 1.29 is 18.0 Å². The second kappa shape index (κ2) is 6.64. The van der Waals surface area contributed by atoms with E-state index in [0.717, 1.165) is 17.5 Å². The van der Waals surface area contributed by atoms with Crippen LogP contribution in [0, 0.1) is 13.8 Å². The summed E-state index contributed by atoms with van der Waals surface area (Å²) in [5, 5.41) is 6.89. The lowest BCUT2D eigenvalue weighted by molar-refractivity contribution is -0.143. The minimum atomic E-state index is -4.33. The number of halogens is 3. The van der Waals surface area contributed by atoms with Crippen LogP contribution in [0.2, 0.25) is 0 Å². The third kappa shape index (κ3) is 4.21. The maximum absolute atomic E-state index is 12.6. The molecular weight excluding hydrogens is 321 g/mol. The van der Waals surface area contributed by atoms with E-state index in [2.05, 4.69) is 10.4 Å². The number of aryl methyl sites for hydroxylation is 1. The van der Waals surface area contributed by atoms with Crippen LogP contribution < -0.4 is 5.32 Å². The minimum Gasteiger partial charge on any atom is -0.331 e. The monoisotopic (exact) mass is 346 g/mol. The lowest BCUT2D eigenvalue weighted by Crippen LogP contribution is -2.46. The molecule has 1 aliphatic rings. The molecule has 1 N–H and O–H groups in total. The molecule has 1 heterocycles. The summed E-state index contributed by atoms with van der Waals surface area (Å²) in [4.78, 5) is 14.3. The summed E-state index contributed by atoms with van der Waals surface area (Å²) in [6, 6.07) is -0.228. The Balaban J connectivity index is 2.14. The molecular formula is C16H25F3N4O. The van der Waals surface area contributed by atoms with Gasteiger partial charge in [-0.3, -0.25) is 4.68 Å². The SMILES string of the molecule is Cc1nn(CC(F)(F)F)c(C)c1[C@@H](C)NC(=O)N(C(C)C)C1CC1. The van der Waals surface area contributed by atoms with Gasteiger partial charge in [-0.1, -0.05) is 0 Å². The molecule has 0 radical (unpaired) electrons. The van der Waals surface area contributed by atoms with Gasteiger partial charge in [0.2, 0.25) is 0 Å². The van der Waals surface area contributed by atoms with Crippen LogP contribution in [-0.4, -0.2) is 39.0 Å². The largest absolute Gasteiger partial charge is 0.408 e. The average molecular weight is 346 g/mol. The van der Waals surface area contributed by atoms with Gasteiger partial charge in [0.1, 0.15) is 6.54 Å². The summed E-state index contributed by atoms with van der Waals surface area (Å²) in [5.74, 6) is 0. The summed E-state index contributed by atoms with van der Waals surface area (Å²) in [6.07, 6.45) is -2.32. The van der Waals surface area contributed by atoms with Crippen molar-refractivity contribution >= 4 is 6.03 Å². The lowest BCUT2D eigenvalue weighted by atomic mass is 10.1. The molecule has 5 nitrogen and oxygen atoms in total. The van der Waals surface area contributed by atoms with E-state index in [0.29, 0.717) is 17.0 Å². The first-order chi connectivity index (χ1) is 11.0. The summed E-state index contributed by atoms with van der Waals surface area (Å²) >= 11 is 0. The normalized spacial score (nSPS) is 16.4. The van der Waals surface area contributed by atoms with Gasteiger partial charge in [0.25, 0.3) is 0 Å². The number of carbonyl (C=O) groups is 1. The van der Waals surface area contributed by atoms with Gasteiger partial charge in [0.05, 0.1) is 11.7 Å². The first kappa shape index (κ1) is 18.6. The van der Waals surface area contributed by atoms with Crippen LogP contribution in [-0.2, 0) is 6.54 Å². The highest BCUT2D eigenvalue weighted by Gasteiger charge is 2.35. The highest BCUT2D eigenvalue weighted by Crippen LogP contribution is 2.30. The predicted octanol–water partition coefficient (Wildman–Crippen LogP) is 3.71. The quantitative estimate of drug-likeness (QED) is 0.884. The molecule has 136 valence electrons. The second-order valence-corrected chi connectivity index (χ2v) is 6.76. The minimum absolute atomic E-state index is 0.0832. The summed E-state index contributed by atoms with van der Waals surface area (Å²) < 4.78 is 38.8. The zero-order chi connectivity index (χ0) is 18.2. The van der Waals surface area contributed by atoms with Gasteiger partial charge in [-0.15, -0.1) is 0 Å². The standard InChI is InChI=1S/C16H25F3N4O/c1-9(2)23(13-6-7-13)15(24)20-10(3)14-11(4)21-22(12(14)5)8-16(17,18)19/h9-10,13H,6-8H2,1-5H3,(H,20,24)/t10-/m1/s1. The Labute approximate surface area is 140 Å². The van der Waals surface area contributed by atoms with E-state index in [-0.39, 0.29) is 18.1 Å². The first-order valence-electron chi connectivity index (χ1n) is 8.20. The molecule has 0 saturated heterocycles. The number of rotatable bonds is 5. The van der Waals surface area contributed by atoms with E-state index in [4.69, 9.17) is 0 Å². The molecule has 2 amide bonds. The number of carbonyl (C=O) groups excluding carboxylic acids is 1. The Kier molecular flexibility index (Phi) is 5.15. The third-order valence-corrected chi connectivity index (χ3v) is 4.27. The summed E-state index contributed by atoms with van der Waals surface area (Å²) in [5.41, 5.74) is 1.58. The predicted molar refractivity (Wildman–Crippen MR) is 84.7 cm³/mol. The smallest absolute Gasteiger partial charge is 0.331 e. The van der Waals surface area contributed by atoms with Crippen LogP contribution in [0.25, 0.3) is 0 Å². The zero-order valence-corrected chi connectivity index (χ0v) is 14.7. The second-order valence-electron chi connectivity index (χ2n) is 6.76. The van der Waals surface area contributed by atoms with Gasteiger partial charge in [0, 0.05) is 23.3 Å². The van der Waals surface area contributed by atoms with Gasteiger partial charge >= 0.3 is 12.2 Å². The van der Waals surface area contributed by atoms with Crippen molar-refractivity contribution in [2.75, 3.05) is 0 Å². The Morgan fingerprint density at radius 1 is 1.33 bits per heavy atom. The fraction of sp³-hybridized carbons (Fsp3) is 0.750. The van der Waals surface area contributed by atoms with Crippen molar-refractivity contribution in [1.82, 2.24) is 20.0 Å². The zero-order valence-electron chi connectivity index (χ0n) is 14.7. The van der Waals surface area contributed by atoms with Crippen LogP contribution in [0.1, 0.15) is 56.6 Å². The van der Waals surface area contributed by atoms with Crippen molar-refractivity contribution in [3.63, 3.8) is 0 Å². The number of nitrogens with zero attached hydrogens (tertiary/aromatic N) is 3. The molecule has 0 bridgehead atoms. The van der Waals surface area contributed by atoms with Crippen molar-refractivity contribution in [2.24, 2.45) is 0 Å². The number of amides is 2. The van der Waals surface area contributed by atoms with E-state index in [1.165, 1.54) is 0 Å². The molecule has 1 aromatic heterocycles. The fourth-order valence-corrected chi connectivity index (χ4v) is 3.17. The number of aromatic nitrogens is 2. The summed E-state index contributed by atoms with van der Waals surface area (Å²) in [7, 11) is 0. The third-order valence-electron chi connectivity index (χ3n) is 4.27. The van der Waals surface area contributed by atoms with E-state index >= 15 is 0 Å². The van der Waals surface area contributed by atoms with Gasteiger partial charge in [-0.25, -0.2) is 4.79 Å².